The van der Waals surface area contributed by atoms with Gasteiger partial charge >= 0.3 is 0 Å². The first-order chi connectivity index (χ1) is 9.31. The first-order valence-corrected chi connectivity index (χ1v) is 6.71. The van der Waals surface area contributed by atoms with Crippen molar-refractivity contribution in [1.82, 2.24) is 0 Å². The van der Waals surface area contributed by atoms with Crippen LogP contribution in [0.4, 0.5) is 0 Å². The van der Waals surface area contributed by atoms with Crippen LogP contribution in [0, 0.1) is 5.41 Å². The summed E-state index contributed by atoms with van der Waals surface area (Å²) in [7, 11) is 0. The van der Waals surface area contributed by atoms with Crippen molar-refractivity contribution in [2.75, 3.05) is 0 Å². The van der Waals surface area contributed by atoms with Gasteiger partial charge in [0.25, 0.3) is 0 Å². The number of hydrogen-bond acceptors (Lipinski definition) is 1. The minimum Gasteiger partial charge on any atom is -0.305 e. The van der Waals surface area contributed by atoms with Crippen molar-refractivity contribution < 1.29 is 0 Å². The molecular formula is C18H19N. The third kappa shape index (κ3) is 3.65. The predicted octanol–water partition coefficient (Wildman–Crippen LogP) is 5.05. The molecule has 0 spiro atoms. The fourth-order valence-electron chi connectivity index (χ4n) is 2.06. The van der Waals surface area contributed by atoms with Gasteiger partial charge in [-0.05, 0) is 23.6 Å². The molecule has 0 fully saturated rings. The first-order valence-electron chi connectivity index (χ1n) is 6.71. The van der Waals surface area contributed by atoms with E-state index in [1.807, 2.05) is 36.4 Å². The highest BCUT2D eigenvalue weighted by Crippen LogP contribution is 2.21. The van der Waals surface area contributed by atoms with E-state index in [0.29, 0.717) is 5.71 Å². The van der Waals surface area contributed by atoms with Gasteiger partial charge in [-0.1, -0.05) is 74.0 Å². The zero-order valence-corrected chi connectivity index (χ0v) is 11.3. The van der Waals surface area contributed by atoms with Gasteiger partial charge < -0.3 is 5.41 Å². The fourth-order valence-corrected chi connectivity index (χ4v) is 2.06. The van der Waals surface area contributed by atoms with Gasteiger partial charge in [0.05, 0.1) is 0 Å². The van der Waals surface area contributed by atoms with E-state index in [1.165, 1.54) is 0 Å². The number of benzene rings is 2. The Balaban J connectivity index is 2.41. The molecule has 0 atom stereocenters. The molecule has 0 saturated heterocycles. The third-order valence-electron chi connectivity index (χ3n) is 3.02. The van der Waals surface area contributed by atoms with E-state index in [2.05, 4.69) is 37.3 Å². The van der Waals surface area contributed by atoms with Crippen LogP contribution in [0.15, 0.2) is 60.7 Å². The lowest BCUT2D eigenvalue weighted by molar-refractivity contribution is 0.992. The number of hydrogen-bond donors (Lipinski definition) is 1. The highest BCUT2D eigenvalue weighted by Gasteiger charge is 2.07. The Morgan fingerprint density at radius 3 is 2.11 bits per heavy atom. The average molecular weight is 249 g/mol. The minimum atomic E-state index is 0.706. The van der Waals surface area contributed by atoms with Crippen molar-refractivity contribution in [2.45, 2.75) is 19.8 Å². The molecule has 0 aromatic heterocycles. The minimum absolute atomic E-state index is 0.706. The summed E-state index contributed by atoms with van der Waals surface area (Å²) in [5, 5.41) is 8.26. The Morgan fingerprint density at radius 1 is 0.947 bits per heavy atom. The molecule has 2 aromatic carbocycles. The van der Waals surface area contributed by atoms with Gasteiger partial charge in [-0.3, -0.25) is 0 Å². The second kappa shape index (κ2) is 6.69. The van der Waals surface area contributed by atoms with Gasteiger partial charge in [-0.25, -0.2) is 0 Å². The van der Waals surface area contributed by atoms with Crippen molar-refractivity contribution in [2.24, 2.45) is 0 Å². The van der Waals surface area contributed by atoms with Gasteiger partial charge in [0.1, 0.15) is 0 Å². The van der Waals surface area contributed by atoms with Gasteiger partial charge in [-0.15, -0.1) is 0 Å². The Labute approximate surface area is 115 Å². The van der Waals surface area contributed by atoms with Crippen LogP contribution < -0.4 is 0 Å². The standard InChI is InChI=1S/C18H19N/c1-2-9-18(19)17(16-12-7-4-8-13-16)14-15-10-5-3-6-11-15/h3-8,10-14,19H,2,9H2,1H3. The highest BCUT2D eigenvalue weighted by atomic mass is 14.4. The Kier molecular flexibility index (Phi) is 4.68. The zero-order valence-electron chi connectivity index (χ0n) is 11.3. The lowest BCUT2D eigenvalue weighted by atomic mass is 9.96. The van der Waals surface area contributed by atoms with Crippen LogP contribution in [0.2, 0.25) is 0 Å². The van der Waals surface area contributed by atoms with E-state index in [9.17, 15) is 0 Å². The summed E-state index contributed by atoms with van der Waals surface area (Å²) < 4.78 is 0. The fraction of sp³-hybridized carbons (Fsp3) is 0.167. The molecule has 0 aliphatic heterocycles. The summed E-state index contributed by atoms with van der Waals surface area (Å²) in [5.41, 5.74) is 3.98. The molecule has 0 aliphatic carbocycles. The second-order valence-corrected chi connectivity index (χ2v) is 4.56. The van der Waals surface area contributed by atoms with Crippen LogP contribution in [0.3, 0.4) is 0 Å². The SMILES string of the molecule is CCCC(=N)C(=Cc1ccccc1)c1ccccc1. The lowest BCUT2D eigenvalue weighted by Crippen LogP contribution is -2.00. The maximum absolute atomic E-state index is 8.26. The molecule has 0 heterocycles. The lowest BCUT2D eigenvalue weighted by Gasteiger charge is -2.09. The number of allylic oxidation sites excluding steroid dienone is 1. The molecule has 1 nitrogen and oxygen atoms in total. The van der Waals surface area contributed by atoms with Crippen molar-refractivity contribution in [3.63, 3.8) is 0 Å². The maximum atomic E-state index is 8.26. The van der Waals surface area contributed by atoms with E-state index in [1.54, 1.807) is 0 Å². The molecule has 19 heavy (non-hydrogen) atoms. The van der Waals surface area contributed by atoms with E-state index >= 15 is 0 Å². The predicted molar refractivity (Wildman–Crippen MR) is 83.4 cm³/mol. The Morgan fingerprint density at radius 2 is 1.53 bits per heavy atom. The molecule has 0 saturated carbocycles. The number of rotatable bonds is 5. The van der Waals surface area contributed by atoms with Crippen molar-refractivity contribution >= 4 is 17.4 Å². The average Bonchev–Trinajstić information content (AvgIpc) is 2.47. The van der Waals surface area contributed by atoms with Crippen molar-refractivity contribution in [1.29, 1.82) is 5.41 Å². The molecule has 0 aliphatic rings. The maximum Gasteiger partial charge on any atom is 0.0392 e. The van der Waals surface area contributed by atoms with Crippen LogP contribution >= 0.6 is 0 Å². The second-order valence-electron chi connectivity index (χ2n) is 4.56. The van der Waals surface area contributed by atoms with Gasteiger partial charge in [-0.2, -0.15) is 0 Å². The molecule has 1 heteroatoms. The summed E-state index contributed by atoms with van der Waals surface area (Å²) in [6, 6.07) is 20.4. The molecule has 2 rings (SSSR count). The number of nitrogens with one attached hydrogen (secondary N) is 1. The Hall–Kier alpha value is -2.15. The van der Waals surface area contributed by atoms with Crippen molar-refractivity contribution in [3.05, 3.63) is 71.8 Å². The topological polar surface area (TPSA) is 23.9 Å². The molecule has 0 radical (unpaired) electrons. The van der Waals surface area contributed by atoms with Crippen LogP contribution in [-0.2, 0) is 0 Å². The summed E-state index contributed by atoms with van der Waals surface area (Å²) in [4.78, 5) is 0. The molecule has 96 valence electrons. The zero-order chi connectivity index (χ0) is 13.5. The van der Waals surface area contributed by atoms with Crippen LogP contribution in [0.1, 0.15) is 30.9 Å². The molecule has 1 N–H and O–H groups in total. The summed E-state index contributed by atoms with van der Waals surface area (Å²) in [6.45, 7) is 2.11. The van der Waals surface area contributed by atoms with Gasteiger partial charge in [0.15, 0.2) is 0 Å². The van der Waals surface area contributed by atoms with E-state index in [4.69, 9.17) is 5.41 Å². The van der Waals surface area contributed by atoms with E-state index in [0.717, 1.165) is 29.5 Å². The summed E-state index contributed by atoms with van der Waals surface area (Å²) in [5.74, 6) is 0. The highest BCUT2D eigenvalue weighted by molar-refractivity contribution is 6.26. The first kappa shape index (κ1) is 13.3. The van der Waals surface area contributed by atoms with E-state index < -0.39 is 0 Å². The molecule has 0 unspecified atom stereocenters. The van der Waals surface area contributed by atoms with Crippen LogP contribution in [0.5, 0.6) is 0 Å². The Bertz CT molecular complexity index is 553. The monoisotopic (exact) mass is 249 g/mol. The quantitative estimate of drug-likeness (QED) is 0.566. The molecule has 2 aromatic rings. The van der Waals surface area contributed by atoms with Crippen LogP contribution in [0.25, 0.3) is 11.6 Å². The smallest absolute Gasteiger partial charge is 0.0392 e. The molecule has 0 amide bonds. The van der Waals surface area contributed by atoms with E-state index in [-0.39, 0.29) is 0 Å². The summed E-state index contributed by atoms with van der Waals surface area (Å²) in [6.07, 6.45) is 3.92. The molecular weight excluding hydrogens is 230 g/mol. The van der Waals surface area contributed by atoms with Crippen LogP contribution in [-0.4, -0.2) is 5.71 Å². The molecule has 0 bridgehead atoms. The van der Waals surface area contributed by atoms with Gasteiger partial charge in [0.2, 0.25) is 0 Å². The van der Waals surface area contributed by atoms with Crippen molar-refractivity contribution in [3.8, 4) is 0 Å². The largest absolute Gasteiger partial charge is 0.305 e. The normalized spacial score (nSPS) is 11.3. The summed E-state index contributed by atoms with van der Waals surface area (Å²) >= 11 is 0. The third-order valence-corrected chi connectivity index (χ3v) is 3.02. The van der Waals surface area contributed by atoms with Gasteiger partial charge in [0, 0.05) is 11.3 Å².